The minimum Gasteiger partial charge on any atom is -0.497 e. The molecule has 0 N–H and O–H groups in total. The number of carbonyl (C=O) groups is 2. The third-order valence-electron chi connectivity index (χ3n) is 2.72. The highest BCUT2D eigenvalue weighted by Crippen LogP contribution is 2.29. The summed E-state index contributed by atoms with van der Waals surface area (Å²) in [5.41, 5.74) is 0.916. The van der Waals surface area contributed by atoms with Crippen LogP contribution < -0.4 is 9.47 Å². The van der Waals surface area contributed by atoms with Crippen molar-refractivity contribution in [3.63, 3.8) is 0 Å². The lowest BCUT2D eigenvalue weighted by atomic mass is 10.1. The van der Waals surface area contributed by atoms with Crippen molar-refractivity contribution in [2.45, 2.75) is 13.8 Å². The highest BCUT2D eigenvalue weighted by Gasteiger charge is 2.17. The van der Waals surface area contributed by atoms with Crippen molar-refractivity contribution in [3.05, 3.63) is 46.2 Å². The highest BCUT2D eigenvalue weighted by molar-refractivity contribution is 7.12. The normalized spacial score (nSPS) is 11.0. The fraction of sp³-hybridized carbons (Fsp3) is 0.188. The SMILES string of the molecule is COc1ccc(/C(=N/OC(C)=O)c2cccs2)c(OC(C)=O)c1. The second-order valence-corrected chi connectivity index (χ2v) is 5.40. The number of thiophene rings is 1. The maximum atomic E-state index is 11.4. The predicted octanol–water partition coefficient (Wildman–Crippen LogP) is 3.00. The van der Waals surface area contributed by atoms with E-state index in [1.165, 1.54) is 32.3 Å². The van der Waals surface area contributed by atoms with Gasteiger partial charge >= 0.3 is 11.9 Å². The number of ether oxygens (including phenoxy) is 2. The molecule has 0 saturated heterocycles. The number of hydrogen-bond acceptors (Lipinski definition) is 7. The van der Waals surface area contributed by atoms with Gasteiger partial charge in [0.05, 0.1) is 12.0 Å². The average molecular weight is 333 g/mol. The maximum absolute atomic E-state index is 11.4. The summed E-state index contributed by atoms with van der Waals surface area (Å²) in [4.78, 5) is 28.0. The average Bonchev–Trinajstić information content (AvgIpc) is 3.02. The van der Waals surface area contributed by atoms with Gasteiger partial charge in [0.1, 0.15) is 17.2 Å². The topological polar surface area (TPSA) is 74.2 Å². The maximum Gasteiger partial charge on any atom is 0.332 e. The number of oxime groups is 1. The molecule has 23 heavy (non-hydrogen) atoms. The van der Waals surface area contributed by atoms with E-state index in [0.29, 0.717) is 17.0 Å². The standard InChI is InChI=1S/C16H15NO5S/c1-10(18)21-14-9-12(20-3)6-7-13(14)16(17-22-11(2)19)15-5-4-8-23-15/h4-9H,1-3H3/b17-16-. The summed E-state index contributed by atoms with van der Waals surface area (Å²) in [6, 6.07) is 8.65. The second kappa shape index (κ2) is 7.55. The summed E-state index contributed by atoms with van der Waals surface area (Å²) in [6.45, 7) is 2.56. The van der Waals surface area contributed by atoms with Gasteiger partial charge in [0, 0.05) is 25.5 Å². The van der Waals surface area contributed by atoms with Crippen molar-refractivity contribution in [1.82, 2.24) is 0 Å². The molecule has 1 aromatic heterocycles. The largest absolute Gasteiger partial charge is 0.497 e. The summed E-state index contributed by atoms with van der Waals surface area (Å²) < 4.78 is 10.4. The smallest absolute Gasteiger partial charge is 0.332 e. The Morgan fingerprint density at radius 2 is 1.91 bits per heavy atom. The lowest BCUT2D eigenvalue weighted by Crippen LogP contribution is -2.10. The molecule has 0 bridgehead atoms. The molecular weight excluding hydrogens is 318 g/mol. The molecule has 1 heterocycles. The Balaban J connectivity index is 2.55. The fourth-order valence-corrected chi connectivity index (χ4v) is 2.53. The summed E-state index contributed by atoms with van der Waals surface area (Å²) in [5, 5.41) is 5.77. The third-order valence-corrected chi connectivity index (χ3v) is 3.59. The molecule has 0 aliphatic heterocycles. The molecule has 2 aromatic rings. The number of nitrogens with zero attached hydrogens (tertiary/aromatic N) is 1. The number of rotatable bonds is 5. The van der Waals surface area contributed by atoms with E-state index in [-0.39, 0.29) is 5.75 Å². The van der Waals surface area contributed by atoms with Crippen LogP contribution in [0.1, 0.15) is 24.3 Å². The first-order valence-corrected chi connectivity index (χ1v) is 7.55. The summed E-state index contributed by atoms with van der Waals surface area (Å²) in [6.07, 6.45) is 0. The number of benzene rings is 1. The first kappa shape index (κ1) is 16.7. The van der Waals surface area contributed by atoms with Gasteiger partial charge in [-0.25, -0.2) is 4.79 Å². The van der Waals surface area contributed by atoms with Crippen molar-refractivity contribution in [2.75, 3.05) is 7.11 Å². The van der Waals surface area contributed by atoms with Crippen molar-refractivity contribution >= 4 is 29.0 Å². The number of methoxy groups -OCH3 is 1. The van der Waals surface area contributed by atoms with Crippen LogP contribution in [0.25, 0.3) is 0 Å². The summed E-state index contributed by atoms with van der Waals surface area (Å²) >= 11 is 1.42. The van der Waals surface area contributed by atoms with Gasteiger partial charge in [-0.05, 0) is 23.6 Å². The molecule has 0 spiro atoms. The Kier molecular flexibility index (Phi) is 5.48. The van der Waals surface area contributed by atoms with Crippen LogP contribution in [0.3, 0.4) is 0 Å². The number of esters is 1. The lowest BCUT2D eigenvalue weighted by Gasteiger charge is -2.11. The molecule has 120 valence electrons. The van der Waals surface area contributed by atoms with E-state index in [4.69, 9.17) is 14.3 Å². The molecule has 0 aliphatic rings. The van der Waals surface area contributed by atoms with Crippen molar-refractivity contribution < 1.29 is 23.9 Å². The van der Waals surface area contributed by atoms with E-state index in [1.807, 2.05) is 17.5 Å². The van der Waals surface area contributed by atoms with Crippen LogP contribution in [0.5, 0.6) is 11.5 Å². The van der Waals surface area contributed by atoms with Gasteiger partial charge in [-0.1, -0.05) is 11.2 Å². The zero-order valence-corrected chi connectivity index (χ0v) is 13.7. The van der Waals surface area contributed by atoms with Gasteiger partial charge in [-0.2, -0.15) is 0 Å². The number of carbonyl (C=O) groups excluding carboxylic acids is 2. The second-order valence-electron chi connectivity index (χ2n) is 4.46. The molecular formula is C16H15NO5S. The Bertz CT molecular complexity index is 737. The number of hydrogen-bond donors (Lipinski definition) is 0. The van der Waals surface area contributed by atoms with Gasteiger partial charge in [-0.3, -0.25) is 4.79 Å². The first-order valence-electron chi connectivity index (χ1n) is 6.67. The molecule has 0 saturated carbocycles. The van der Waals surface area contributed by atoms with E-state index in [1.54, 1.807) is 18.2 Å². The van der Waals surface area contributed by atoms with E-state index in [2.05, 4.69) is 5.16 Å². The zero-order valence-electron chi connectivity index (χ0n) is 12.9. The van der Waals surface area contributed by atoms with E-state index >= 15 is 0 Å². The molecule has 0 fully saturated rings. The van der Waals surface area contributed by atoms with Crippen molar-refractivity contribution in [2.24, 2.45) is 5.16 Å². The fourth-order valence-electron chi connectivity index (χ4n) is 1.81. The van der Waals surface area contributed by atoms with Gasteiger partial charge in [-0.15, -0.1) is 11.3 Å². The lowest BCUT2D eigenvalue weighted by molar-refractivity contribution is -0.141. The van der Waals surface area contributed by atoms with E-state index in [0.717, 1.165) is 4.88 Å². The van der Waals surface area contributed by atoms with Crippen LogP contribution in [0.2, 0.25) is 0 Å². The highest BCUT2D eigenvalue weighted by atomic mass is 32.1. The van der Waals surface area contributed by atoms with Crippen LogP contribution >= 0.6 is 11.3 Å². The Morgan fingerprint density at radius 3 is 2.48 bits per heavy atom. The molecule has 0 unspecified atom stereocenters. The van der Waals surface area contributed by atoms with E-state index < -0.39 is 11.9 Å². The van der Waals surface area contributed by atoms with Gasteiger partial charge in [0.15, 0.2) is 0 Å². The summed E-state index contributed by atoms with van der Waals surface area (Å²) in [7, 11) is 1.51. The molecule has 0 radical (unpaired) electrons. The van der Waals surface area contributed by atoms with Crippen LogP contribution in [0, 0.1) is 0 Å². The van der Waals surface area contributed by atoms with Crippen molar-refractivity contribution in [1.29, 1.82) is 0 Å². The minimum absolute atomic E-state index is 0.274. The van der Waals surface area contributed by atoms with Gasteiger partial charge < -0.3 is 14.3 Å². The van der Waals surface area contributed by atoms with Crippen LogP contribution in [0.15, 0.2) is 40.9 Å². The quantitative estimate of drug-likeness (QED) is 0.276. The van der Waals surface area contributed by atoms with E-state index in [9.17, 15) is 9.59 Å². The van der Waals surface area contributed by atoms with Crippen LogP contribution in [-0.2, 0) is 14.4 Å². The molecule has 7 heteroatoms. The predicted molar refractivity (Wildman–Crippen MR) is 86.0 cm³/mol. The molecule has 2 rings (SSSR count). The Morgan fingerprint density at radius 1 is 1.13 bits per heavy atom. The molecule has 0 amide bonds. The Labute approximate surface area is 137 Å². The van der Waals surface area contributed by atoms with Gasteiger partial charge in [0.2, 0.25) is 0 Å². The third kappa shape index (κ3) is 4.40. The molecule has 1 aromatic carbocycles. The van der Waals surface area contributed by atoms with Crippen LogP contribution in [0.4, 0.5) is 0 Å². The van der Waals surface area contributed by atoms with Crippen LogP contribution in [-0.4, -0.2) is 24.8 Å². The zero-order chi connectivity index (χ0) is 16.8. The first-order chi connectivity index (χ1) is 11.0. The monoisotopic (exact) mass is 333 g/mol. The molecule has 6 nitrogen and oxygen atoms in total. The molecule has 0 aliphatic carbocycles. The van der Waals surface area contributed by atoms with Crippen molar-refractivity contribution in [3.8, 4) is 11.5 Å². The molecule has 0 atom stereocenters. The summed E-state index contributed by atoms with van der Waals surface area (Å²) in [5.74, 6) is -0.210. The van der Waals surface area contributed by atoms with Gasteiger partial charge in [0.25, 0.3) is 0 Å². The minimum atomic E-state index is -0.540. The Hall–Kier alpha value is -2.67.